The van der Waals surface area contributed by atoms with Gasteiger partial charge in [0, 0.05) is 12.6 Å². The lowest BCUT2D eigenvalue weighted by Gasteiger charge is -2.26. The zero-order chi connectivity index (χ0) is 14.6. The van der Waals surface area contributed by atoms with Crippen molar-refractivity contribution in [3.05, 3.63) is 0 Å². The predicted molar refractivity (Wildman–Crippen MR) is 74.0 cm³/mol. The van der Waals surface area contributed by atoms with E-state index in [0.29, 0.717) is 12.5 Å². The SMILES string of the molecule is CCC(C)CC(C)NC(=O)N1CCC(C)C1C(=O)O. The topological polar surface area (TPSA) is 69.6 Å². The number of nitrogens with one attached hydrogen (secondary N) is 1. The molecule has 1 aliphatic rings. The maximum absolute atomic E-state index is 12.1. The van der Waals surface area contributed by atoms with Gasteiger partial charge < -0.3 is 15.3 Å². The minimum absolute atomic E-state index is 0.0214. The van der Waals surface area contributed by atoms with Crippen LogP contribution in [0.25, 0.3) is 0 Å². The van der Waals surface area contributed by atoms with Crippen LogP contribution in [0.2, 0.25) is 0 Å². The van der Waals surface area contributed by atoms with E-state index >= 15 is 0 Å². The number of carboxylic acid groups (broad SMARTS) is 1. The van der Waals surface area contributed by atoms with E-state index < -0.39 is 12.0 Å². The average molecular weight is 270 g/mol. The van der Waals surface area contributed by atoms with Crippen LogP contribution >= 0.6 is 0 Å². The quantitative estimate of drug-likeness (QED) is 0.805. The first-order chi connectivity index (χ1) is 8.86. The minimum Gasteiger partial charge on any atom is -0.480 e. The fourth-order valence-electron chi connectivity index (χ4n) is 2.67. The normalized spacial score (nSPS) is 26.0. The summed E-state index contributed by atoms with van der Waals surface area (Å²) in [6.07, 6.45) is 2.76. The molecule has 1 heterocycles. The van der Waals surface area contributed by atoms with Crippen molar-refractivity contribution in [2.45, 2.75) is 59.0 Å². The summed E-state index contributed by atoms with van der Waals surface area (Å²) in [4.78, 5) is 24.8. The maximum Gasteiger partial charge on any atom is 0.326 e. The Labute approximate surface area is 115 Å². The van der Waals surface area contributed by atoms with E-state index in [1.165, 1.54) is 4.90 Å². The van der Waals surface area contributed by atoms with Gasteiger partial charge in [0.05, 0.1) is 0 Å². The Morgan fingerprint density at radius 3 is 2.58 bits per heavy atom. The van der Waals surface area contributed by atoms with E-state index in [0.717, 1.165) is 19.3 Å². The first-order valence-corrected chi connectivity index (χ1v) is 7.16. The molecule has 0 saturated carbocycles. The molecule has 2 amide bonds. The number of urea groups is 1. The second kappa shape index (κ2) is 6.78. The van der Waals surface area contributed by atoms with Crippen molar-refractivity contribution >= 4 is 12.0 Å². The third-order valence-corrected chi connectivity index (χ3v) is 4.04. The molecular formula is C14H26N2O3. The first kappa shape index (κ1) is 15.8. The highest BCUT2D eigenvalue weighted by Crippen LogP contribution is 2.24. The van der Waals surface area contributed by atoms with E-state index in [1.807, 2.05) is 13.8 Å². The molecule has 0 aromatic rings. The van der Waals surface area contributed by atoms with Gasteiger partial charge in [0.25, 0.3) is 0 Å². The van der Waals surface area contributed by atoms with Crippen LogP contribution < -0.4 is 5.32 Å². The van der Waals surface area contributed by atoms with Crippen molar-refractivity contribution in [1.29, 1.82) is 0 Å². The lowest BCUT2D eigenvalue weighted by atomic mass is 10.0. The highest BCUT2D eigenvalue weighted by Gasteiger charge is 2.39. The molecule has 5 heteroatoms. The molecule has 110 valence electrons. The van der Waals surface area contributed by atoms with Crippen LogP contribution in [0.1, 0.15) is 47.0 Å². The monoisotopic (exact) mass is 270 g/mol. The first-order valence-electron chi connectivity index (χ1n) is 7.16. The third-order valence-electron chi connectivity index (χ3n) is 4.04. The second-order valence-electron chi connectivity index (χ2n) is 5.84. The van der Waals surface area contributed by atoms with Gasteiger partial charge in [-0.2, -0.15) is 0 Å². The fraction of sp³-hybridized carbons (Fsp3) is 0.857. The smallest absolute Gasteiger partial charge is 0.326 e. The largest absolute Gasteiger partial charge is 0.480 e. The lowest BCUT2D eigenvalue weighted by molar-refractivity contribution is -0.142. The number of aliphatic carboxylic acids is 1. The van der Waals surface area contributed by atoms with Gasteiger partial charge in [0.2, 0.25) is 0 Å². The van der Waals surface area contributed by atoms with Gasteiger partial charge in [-0.3, -0.25) is 0 Å². The van der Waals surface area contributed by atoms with Gasteiger partial charge in [-0.1, -0.05) is 27.2 Å². The number of likely N-dealkylation sites (tertiary alicyclic amines) is 1. The molecule has 0 aromatic heterocycles. The Kier molecular flexibility index (Phi) is 5.63. The van der Waals surface area contributed by atoms with Crippen molar-refractivity contribution < 1.29 is 14.7 Å². The van der Waals surface area contributed by atoms with Crippen LogP contribution in [0.5, 0.6) is 0 Å². The summed E-state index contributed by atoms with van der Waals surface area (Å²) >= 11 is 0. The van der Waals surface area contributed by atoms with Crippen LogP contribution in [0.3, 0.4) is 0 Å². The number of amides is 2. The third kappa shape index (κ3) is 4.11. The van der Waals surface area contributed by atoms with Crippen molar-refractivity contribution in [3.8, 4) is 0 Å². The molecule has 5 nitrogen and oxygen atoms in total. The molecule has 1 aliphatic heterocycles. The van der Waals surface area contributed by atoms with E-state index in [1.54, 1.807) is 0 Å². The summed E-state index contributed by atoms with van der Waals surface area (Å²) in [7, 11) is 0. The standard InChI is InChI=1S/C14H26N2O3/c1-5-9(2)8-11(4)15-14(19)16-7-6-10(3)12(16)13(17)18/h9-12H,5-8H2,1-4H3,(H,15,19)(H,17,18). The molecule has 4 atom stereocenters. The van der Waals surface area contributed by atoms with Gasteiger partial charge in [-0.15, -0.1) is 0 Å². The van der Waals surface area contributed by atoms with E-state index in [-0.39, 0.29) is 18.0 Å². The molecule has 0 spiro atoms. The summed E-state index contributed by atoms with van der Waals surface area (Å²) < 4.78 is 0. The number of nitrogens with zero attached hydrogens (tertiary/aromatic N) is 1. The highest BCUT2D eigenvalue weighted by molar-refractivity contribution is 5.83. The van der Waals surface area contributed by atoms with Gasteiger partial charge in [0.1, 0.15) is 6.04 Å². The molecule has 19 heavy (non-hydrogen) atoms. The predicted octanol–water partition coefficient (Wildman–Crippen LogP) is 2.32. The van der Waals surface area contributed by atoms with Crippen LogP contribution in [0, 0.1) is 11.8 Å². The summed E-state index contributed by atoms with van der Waals surface area (Å²) in [5.74, 6) is -0.328. The van der Waals surface area contributed by atoms with Crippen LogP contribution in [-0.2, 0) is 4.79 Å². The fourth-order valence-corrected chi connectivity index (χ4v) is 2.67. The van der Waals surface area contributed by atoms with Gasteiger partial charge in [-0.05, 0) is 31.6 Å². The number of carboxylic acids is 1. The Hall–Kier alpha value is -1.26. The molecule has 0 aromatic carbocycles. The maximum atomic E-state index is 12.1. The van der Waals surface area contributed by atoms with Crippen LogP contribution in [-0.4, -0.2) is 40.6 Å². The number of carbonyl (C=O) groups excluding carboxylic acids is 1. The molecule has 1 rings (SSSR count). The molecule has 2 N–H and O–H groups in total. The number of hydrogen-bond donors (Lipinski definition) is 2. The van der Waals surface area contributed by atoms with E-state index in [2.05, 4.69) is 19.2 Å². The molecule has 0 radical (unpaired) electrons. The number of rotatable bonds is 5. The summed E-state index contributed by atoms with van der Waals surface area (Å²) in [5.41, 5.74) is 0. The summed E-state index contributed by atoms with van der Waals surface area (Å²) in [6.45, 7) is 8.66. The van der Waals surface area contributed by atoms with Crippen molar-refractivity contribution in [1.82, 2.24) is 10.2 Å². The summed E-state index contributed by atoms with van der Waals surface area (Å²) in [6, 6.07) is -0.851. The highest BCUT2D eigenvalue weighted by atomic mass is 16.4. The lowest BCUT2D eigenvalue weighted by Crippen LogP contribution is -2.49. The Morgan fingerprint density at radius 1 is 1.42 bits per heavy atom. The number of carbonyl (C=O) groups is 2. The Morgan fingerprint density at radius 2 is 2.05 bits per heavy atom. The van der Waals surface area contributed by atoms with Crippen molar-refractivity contribution in [2.24, 2.45) is 11.8 Å². The zero-order valence-electron chi connectivity index (χ0n) is 12.3. The Bertz CT molecular complexity index is 333. The van der Waals surface area contributed by atoms with Crippen LogP contribution in [0.15, 0.2) is 0 Å². The molecule has 4 unspecified atom stereocenters. The van der Waals surface area contributed by atoms with Gasteiger partial charge >= 0.3 is 12.0 Å². The number of hydrogen-bond acceptors (Lipinski definition) is 2. The van der Waals surface area contributed by atoms with Crippen molar-refractivity contribution in [2.75, 3.05) is 6.54 Å². The van der Waals surface area contributed by atoms with Gasteiger partial charge in [0.15, 0.2) is 0 Å². The second-order valence-corrected chi connectivity index (χ2v) is 5.84. The molecule has 1 fully saturated rings. The van der Waals surface area contributed by atoms with E-state index in [4.69, 9.17) is 0 Å². The van der Waals surface area contributed by atoms with Gasteiger partial charge in [-0.25, -0.2) is 9.59 Å². The molecule has 0 aliphatic carbocycles. The molecular weight excluding hydrogens is 244 g/mol. The van der Waals surface area contributed by atoms with Crippen LogP contribution in [0.4, 0.5) is 4.79 Å². The molecule has 1 saturated heterocycles. The molecule has 0 bridgehead atoms. The summed E-state index contributed by atoms with van der Waals surface area (Å²) in [5, 5.41) is 12.1. The van der Waals surface area contributed by atoms with Crippen molar-refractivity contribution in [3.63, 3.8) is 0 Å². The average Bonchev–Trinajstić information content (AvgIpc) is 2.70. The Balaban J connectivity index is 2.55. The zero-order valence-corrected chi connectivity index (χ0v) is 12.3. The van der Waals surface area contributed by atoms with E-state index in [9.17, 15) is 14.7 Å². The minimum atomic E-state index is -0.908.